The molecule has 0 spiro atoms. The highest BCUT2D eigenvalue weighted by molar-refractivity contribution is 7.89. The maximum Gasteiger partial charge on any atom is 0.243 e. The highest BCUT2D eigenvalue weighted by Crippen LogP contribution is 2.17. The van der Waals surface area contributed by atoms with Gasteiger partial charge in [0, 0.05) is 12.7 Å². The number of aromatic nitrogens is 1. The van der Waals surface area contributed by atoms with Gasteiger partial charge in [-0.2, -0.15) is 0 Å². The van der Waals surface area contributed by atoms with Crippen molar-refractivity contribution in [2.24, 2.45) is 0 Å². The van der Waals surface area contributed by atoms with Gasteiger partial charge in [0.15, 0.2) is 0 Å². The fourth-order valence-corrected chi connectivity index (χ4v) is 3.15. The third-order valence-corrected chi connectivity index (χ3v) is 4.56. The first-order valence-corrected chi connectivity index (χ1v) is 7.70. The van der Waals surface area contributed by atoms with Crippen LogP contribution in [0.5, 0.6) is 0 Å². The fraction of sp³-hybridized carbons (Fsp3) is 0.154. The van der Waals surface area contributed by atoms with Crippen LogP contribution in [0.4, 0.5) is 4.39 Å². The van der Waals surface area contributed by atoms with Crippen molar-refractivity contribution < 1.29 is 12.8 Å². The van der Waals surface area contributed by atoms with Crippen molar-refractivity contribution in [2.75, 3.05) is 6.54 Å². The molecule has 0 saturated heterocycles. The van der Waals surface area contributed by atoms with Crippen molar-refractivity contribution in [1.29, 1.82) is 0 Å². The van der Waals surface area contributed by atoms with E-state index >= 15 is 0 Å². The minimum Gasteiger partial charge on any atom is -0.243 e. The quantitative estimate of drug-likeness (QED) is 0.862. The molecule has 0 atom stereocenters. The number of nitrogens with zero attached hydrogens (tertiary/aromatic N) is 1. The van der Waals surface area contributed by atoms with Crippen LogP contribution in [-0.2, 0) is 16.4 Å². The Kier molecular flexibility index (Phi) is 4.69. The van der Waals surface area contributed by atoms with Gasteiger partial charge in [0.25, 0.3) is 0 Å². The molecule has 2 rings (SSSR count). The summed E-state index contributed by atoms with van der Waals surface area (Å²) in [4.78, 5) is 3.62. The van der Waals surface area contributed by atoms with Gasteiger partial charge in [-0.05, 0) is 30.2 Å². The molecule has 0 radical (unpaired) electrons. The lowest BCUT2D eigenvalue weighted by atomic mass is 10.1. The molecule has 0 saturated carbocycles. The first-order valence-electron chi connectivity index (χ1n) is 5.84. The number of pyridine rings is 1. The second-order valence-corrected chi connectivity index (χ2v) is 6.12. The van der Waals surface area contributed by atoms with Crippen LogP contribution in [0.25, 0.3) is 0 Å². The Morgan fingerprint density at radius 2 is 1.95 bits per heavy atom. The second kappa shape index (κ2) is 6.30. The van der Waals surface area contributed by atoms with Crippen LogP contribution >= 0.6 is 11.6 Å². The van der Waals surface area contributed by atoms with Crippen molar-refractivity contribution >= 4 is 21.6 Å². The first-order chi connectivity index (χ1) is 9.50. The lowest BCUT2D eigenvalue weighted by molar-refractivity contribution is 0.577. The van der Waals surface area contributed by atoms with E-state index in [1.54, 1.807) is 18.2 Å². The molecule has 0 amide bonds. The van der Waals surface area contributed by atoms with E-state index in [4.69, 9.17) is 11.6 Å². The van der Waals surface area contributed by atoms with Crippen LogP contribution in [0.1, 0.15) is 5.56 Å². The van der Waals surface area contributed by atoms with Gasteiger partial charge in [0.2, 0.25) is 10.0 Å². The molecule has 1 aromatic carbocycles. The summed E-state index contributed by atoms with van der Waals surface area (Å²) in [5.74, 6) is -0.355. The average Bonchev–Trinajstić information content (AvgIpc) is 2.41. The van der Waals surface area contributed by atoms with Crippen molar-refractivity contribution in [3.05, 3.63) is 59.1 Å². The van der Waals surface area contributed by atoms with E-state index in [1.807, 2.05) is 0 Å². The lowest BCUT2D eigenvalue weighted by Crippen LogP contribution is -2.26. The topological polar surface area (TPSA) is 59.1 Å². The smallest absolute Gasteiger partial charge is 0.243 e. The number of hydrogen-bond donors (Lipinski definition) is 1. The van der Waals surface area contributed by atoms with Crippen LogP contribution < -0.4 is 4.72 Å². The van der Waals surface area contributed by atoms with E-state index in [0.717, 1.165) is 0 Å². The Labute approximate surface area is 121 Å². The first kappa shape index (κ1) is 14.9. The zero-order valence-electron chi connectivity index (χ0n) is 10.4. The zero-order chi connectivity index (χ0) is 14.6. The number of sulfonamides is 1. The molecule has 0 aliphatic rings. The monoisotopic (exact) mass is 314 g/mol. The third kappa shape index (κ3) is 3.53. The van der Waals surface area contributed by atoms with E-state index in [1.165, 1.54) is 24.4 Å². The summed E-state index contributed by atoms with van der Waals surface area (Å²) in [6, 6.07) is 9.07. The van der Waals surface area contributed by atoms with Gasteiger partial charge in [0.1, 0.15) is 15.9 Å². The van der Waals surface area contributed by atoms with Gasteiger partial charge in [-0.15, -0.1) is 0 Å². The molecule has 1 N–H and O–H groups in total. The predicted molar refractivity (Wildman–Crippen MR) is 74.5 cm³/mol. The van der Waals surface area contributed by atoms with Gasteiger partial charge in [-0.25, -0.2) is 22.5 Å². The number of halogens is 2. The minimum absolute atomic E-state index is 0.0779. The van der Waals surface area contributed by atoms with Crippen LogP contribution in [0.3, 0.4) is 0 Å². The SMILES string of the molecule is O=S(=O)(NCCc1ccccc1F)c1cccnc1Cl. The van der Waals surface area contributed by atoms with Crippen LogP contribution in [-0.4, -0.2) is 19.9 Å². The second-order valence-electron chi connectivity index (χ2n) is 4.03. The van der Waals surface area contributed by atoms with E-state index in [9.17, 15) is 12.8 Å². The highest BCUT2D eigenvalue weighted by Gasteiger charge is 2.17. The Balaban J connectivity index is 2.04. The molecule has 106 valence electrons. The van der Waals surface area contributed by atoms with Crippen molar-refractivity contribution in [3.63, 3.8) is 0 Å². The van der Waals surface area contributed by atoms with Crippen molar-refractivity contribution in [2.45, 2.75) is 11.3 Å². The summed E-state index contributed by atoms with van der Waals surface area (Å²) in [5, 5.41) is -0.0918. The Morgan fingerprint density at radius 3 is 2.65 bits per heavy atom. The maximum absolute atomic E-state index is 13.4. The Morgan fingerprint density at radius 1 is 1.20 bits per heavy atom. The molecule has 7 heteroatoms. The van der Waals surface area contributed by atoms with Crippen molar-refractivity contribution in [1.82, 2.24) is 9.71 Å². The highest BCUT2D eigenvalue weighted by atomic mass is 35.5. The summed E-state index contributed by atoms with van der Waals surface area (Å²) in [6.45, 7) is 0.0779. The molecule has 0 fully saturated rings. The van der Waals surface area contributed by atoms with Gasteiger partial charge >= 0.3 is 0 Å². The summed E-state index contributed by atoms with van der Waals surface area (Å²) in [6.07, 6.45) is 1.66. The number of benzene rings is 1. The number of rotatable bonds is 5. The molecule has 1 heterocycles. The van der Waals surface area contributed by atoms with E-state index in [0.29, 0.717) is 5.56 Å². The molecule has 0 aliphatic heterocycles. The molecule has 0 unspecified atom stereocenters. The lowest BCUT2D eigenvalue weighted by Gasteiger charge is -2.08. The molecule has 0 bridgehead atoms. The normalized spacial score (nSPS) is 11.5. The zero-order valence-corrected chi connectivity index (χ0v) is 12.0. The fourth-order valence-electron chi connectivity index (χ4n) is 1.67. The molecule has 4 nitrogen and oxygen atoms in total. The Hall–Kier alpha value is -1.50. The number of nitrogens with one attached hydrogen (secondary N) is 1. The maximum atomic E-state index is 13.4. The van der Waals surface area contributed by atoms with Crippen LogP contribution in [0.2, 0.25) is 5.15 Å². The summed E-state index contributed by atoms with van der Waals surface area (Å²) >= 11 is 5.74. The van der Waals surface area contributed by atoms with Crippen LogP contribution in [0.15, 0.2) is 47.5 Å². The average molecular weight is 315 g/mol. The van der Waals surface area contributed by atoms with Gasteiger partial charge in [-0.3, -0.25) is 0 Å². The van der Waals surface area contributed by atoms with Gasteiger partial charge in [-0.1, -0.05) is 29.8 Å². The predicted octanol–water partition coefficient (Wildman–Crippen LogP) is 2.40. The van der Waals surface area contributed by atoms with E-state index in [2.05, 4.69) is 9.71 Å². The molecule has 20 heavy (non-hydrogen) atoms. The van der Waals surface area contributed by atoms with Crippen LogP contribution in [0, 0.1) is 5.82 Å². The third-order valence-electron chi connectivity index (χ3n) is 2.66. The summed E-state index contributed by atoms with van der Waals surface area (Å²) < 4.78 is 39.8. The molecule has 2 aromatic rings. The molecule has 1 aromatic heterocycles. The van der Waals surface area contributed by atoms with Gasteiger partial charge in [0.05, 0.1) is 0 Å². The standard InChI is InChI=1S/C13H12ClFN2O2S/c14-13-12(6-3-8-16-13)20(18,19)17-9-7-10-4-1-2-5-11(10)15/h1-6,8,17H,7,9H2. The largest absolute Gasteiger partial charge is 0.243 e. The summed E-state index contributed by atoms with van der Waals surface area (Å²) in [7, 11) is -3.74. The van der Waals surface area contributed by atoms with E-state index in [-0.39, 0.29) is 28.8 Å². The molecule has 0 aliphatic carbocycles. The van der Waals surface area contributed by atoms with Crippen molar-refractivity contribution in [3.8, 4) is 0 Å². The molecular weight excluding hydrogens is 303 g/mol. The van der Waals surface area contributed by atoms with E-state index < -0.39 is 10.0 Å². The Bertz CT molecular complexity index is 707. The summed E-state index contributed by atoms with van der Waals surface area (Å²) in [5.41, 5.74) is 0.451. The number of hydrogen-bond acceptors (Lipinski definition) is 3. The minimum atomic E-state index is -3.74. The molecular formula is C13H12ClFN2O2S. The van der Waals surface area contributed by atoms with Gasteiger partial charge < -0.3 is 0 Å².